The SMILES string of the molecule is N#CC(=O)c1cccc(Cl)c1F. The quantitative estimate of drug-likeness (QED) is 0.495. The summed E-state index contributed by atoms with van der Waals surface area (Å²) in [6.45, 7) is 0. The molecule has 1 aromatic carbocycles. The molecule has 0 saturated carbocycles. The number of Topliss-reactive ketones (excluding diaryl/α,β-unsaturated/α-hetero) is 1. The molecular weight excluding hydrogens is 181 g/mol. The smallest absolute Gasteiger partial charge is 0.265 e. The van der Waals surface area contributed by atoms with E-state index in [2.05, 4.69) is 0 Å². The number of carbonyl (C=O) groups excluding carboxylic acids is 1. The Balaban J connectivity index is 3.28. The maximum Gasteiger partial charge on any atom is 0.265 e. The molecule has 0 saturated heterocycles. The number of benzene rings is 1. The van der Waals surface area contributed by atoms with Gasteiger partial charge < -0.3 is 0 Å². The van der Waals surface area contributed by atoms with Crippen LogP contribution in [-0.2, 0) is 0 Å². The maximum absolute atomic E-state index is 12.9. The van der Waals surface area contributed by atoms with Crippen molar-refractivity contribution in [1.82, 2.24) is 0 Å². The summed E-state index contributed by atoms with van der Waals surface area (Å²) in [6, 6.07) is 5.25. The van der Waals surface area contributed by atoms with Crippen LogP contribution >= 0.6 is 11.6 Å². The fraction of sp³-hybridized carbons (Fsp3) is 0. The third-order valence-corrected chi connectivity index (χ3v) is 1.59. The fourth-order valence-electron chi connectivity index (χ4n) is 0.739. The Labute approximate surface area is 73.2 Å². The summed E-state index contributed by atoms with van der Waals surface area (Å²) in [5.41, 5.74) is -0.287. The Morgan fingerprint density at radius 2 is 2.25 bits per heavy atom. The Bertz CT molecular complexity index is 370. The van der Waals surface area contributed by atoms with E-state index in [1.54, 1.807) is 0 Å². The number of carbonyl (C=O) groups is 1. The molecule has 0 heterocycles. The molecule has 0 aliphatic carbocycles. The van der Waals surface area contributed by atoms with E-state index < -0.39 is 11.6 Å². The normalized spacial score (nSPS) is 9.08. The van der Waals surface area contributed by atoms with Crippen molar-refractivity contribution in [1.29, 1.82) is 5.26 Å². The Morgan fingerprint density at radius 1 is 1.58 bits per heavy atom. The molecule has 0 radical (unpaired) electrons. The van der Waals surface area contributed by atoms with Crippen LogP contribution in [-0.4, -0.2) is 5.78 Å². The summed E-state index contributed by atoms with van der Waals surface area (Å²) in [6.07, 6.45) is 0. The van der Waals surface area contributed by atoms with E-state index in [0.29, 0.717) is 0 Å². The molecular formula is C8H3ClFNO. The molecule has 0 N–H and O–H groups in total. The molecule has 0 spiro atoms. The minimum atomic E-state index is -0.921. The molecule has 0 aliphatic rings. The van der Waals surface area contributed by atoms with Gasteiger partial charge in [-0.2, -0.15) is 5.26 Å². The van der Waals surface area contributed by atoms with Crippen molar-refractivity contribution in [3.63, 3.8) is 0 Å². The number of nitriles is 1. The highest BCUT2D eigenvalue weighted by atomic mass is 35.5. The Hall–Kier alpha value is -1.40. The molecule has 4 heteroatoms. The van der Waals surface area contributed by atoms with Crippen molar-refractivity contribution in [3.05, 3.63) is 34.6 Å². The summed E-state index contributed by atoms with van der Waals surface area (Å²) in [7, 11) is 0. The summed E-state index contributed by atoms with van der Waals surface area (Å²) in [4.78, 5) is 10.7. The van der Waals surface area contributed by atoms with E-state index in [4.69, 9.17) is 16.9 Å². The number of halogens is 2. The van der Waals surface area contributed by atoms with Gasteiger partial charge in [-0.25, -0.2) is 4.39 Å². The lowest BCUT2D eigenvalue weighted by Gasteiger charge is -1.96. The second-order valence-corrected chi connectivity index (χ2v) is 2.45. The first kappa shape index (κ1) is 8.69. The second kappa shape index (κ2) is 3.33. The molecule has 0 atom stereocenters. The molecule has 60 valence electrons. The van der Waals surface area contributed by atoms with Gasteiger partial charge in [0.25, 0.3) is 5.78 Å². The minimum Gasteiger partial charge on any atom is -0.277 e. The molecule has 0 fully saturated rings. The van der Waals surface area contributed by atoms with E-state index >= 15 is 0 Å². The van der Waals surface area contributed by atoms with Gasteiger partial charge in [0.15, 0.2) is 5.82 Å². The van der Waals surface area contributed by atoms with Gasteiger partial charge in [0.2, 0.25) is 0 Å². The van der Waals surface area contributed by atoms with Gasteiger partial charge in [0, 0.05) is 0 Å². The zero-order valence-electron chi connectivity index (χ0n) is 5.84. The highest BCUT2D eigenvalue weighted by Gasteiger charge is 2.12. The number of hydrogen-bond donors (Lipinski definition) is 0. The first-order valence-corrected chi connectivity index (χ1v) is 3.43. The van der Waals surface area contributed by atoms with E-state index in [1.165, 1.54) is 24.3 Å². The molecule has 2 nitrogen and oxygen atoms in total. The molecule has 0 unspecified atom stereocenters. The van der Waals surface area contributed by atoms with Crippen LogP contribution < -0.4 is 0 Å². The van der Waals surface area contributed by atoms with Crippen molar-refractivity contribution in [2.45, 2.75) is 0 Å². The van der Waals surface area contributed by atoms with E-state index in [1.807, 2.05) is 0 Å². The highest BCUT2D eigenvalue weighted by Crippen LogP contribution is 2.17. The zero-order valence-corrected chi connectivity index (χ0v) is 6.60. The molecule has 1 rings (SSSR count). The average molecular weight is 184 g/mol. The van der Waals surface area contributed by atoms with Crippen molar-refractivity contribution in [2.75, 3.05) is 0 Å². The van der Waals surface area contributed by atoms with Crippen molar-refractivity contribution in [2.24, 2.45) is 0 Å². The van der Waals surface area contributed by atoms with E-state index in [-0.39, 0.29) is 10.6 Å². The Kier molecular flexibility index (Phi) is 2.41. The van der Waals surface area contributed by atoms with Gasteiger partial charge in [-0.1, -0.05) is 17.7 Å². The first-order valence-electron chi connectivity index (χ1n) is 3.05. The number of ketones is 1. The van der Waals surface area contributed by atoms with Crippen LogP contribution in [0.25, 0.3) is 0 Å². The monoisotopic (exact) mass is 183 g/mol. The lowest BCUT2D eigenvalue weighted by molar-refractivity contribution is 0.105. The maximum atomic E-state index is 12.9. The first-order chi connectivity index (χ1) is 5.66. The average Bonchev–Trinajstić information content (AvgIpc) is 2.08. The van der Waals surface area contributed by atoms with E-state index in [0.717, 1.165) is 0 Å². The third-order valence-electron chi connectivity index (χ3n) is 1.30. The zero-order chi connectivity index (χ0) is 9.14. The van der Waals surface area contributed by atoms with Crippen molar-refractivity contribution >= 4 is 17.4 Å². The lowest BCUT2D eigenvalue weighted by atomic mass is 10.1. The molecule has 0 aromatic heterocycles. The third kappa shape index (κ3) is 1.44. The van der Waals surface area contributed by atoms with Gasteiger partial charge in [-0.15, -0.1) is 0 Å². The van der Waals surface area contributed by atoms with Gasteiger partial charge in [-0.3, -0.25) is 4.79 Å². The lowest BCUT2D eigenvalue weighted by Crippen LogP contribution is -1.98. The predicted molar refractivity (Wildman–Crippen MR) is 41.4 cm³/mol. The summed E-state index contributed by atoms with van der Waals surface area (Å²) in [5, 5.41) is 8.04. The number of hydrogen-bond acceptors (Lipinski definition) is 2. The van der Waals surface area contributed by atoms with Gasteiger partial charge in [0.1, 0.15) is 6.07 Å². The molecule has 1 aromatic rings. The van der Waals surface area contributed by atoms with Crippen LogP contribution in [0.3, 0.4) is 0 Å². The van der Waals surface area contributed by atoms with Crippen LogP contribution in [0.15, 0.2) is 18.2 Å². The molecule has 12 heavy (non-hydrogen) atoms. The van der Waals surface area contributed by atoms with Gasteiger partial charge >= 0.3 is 0 Å². The Morgan fingerprint density at radius 3 is 2.83 bits per heavy atom. The fourth-order valence-corrected chi connectivity index (χ4v) is 0.914. The summed E-state index contributed by atoms with van der Waals surface area (Å²) in [5.74, 6) is -1.76. The van der Waals surface area contributed by atoms with Gasteiger partial charge in [0.05, 0.1) is 10.6 Å². The van der Waals surface area contributed by atoms with E-state index in [9.17, 15) is 9.18 Å². The predicted octanol–water partition coefficient (Wildman–Crippen LogP) is 2.19. The summed E-state index contributed by atoms with van der Waals surface area (Å²) < 4.78 is 12.9. The summed E-state index contributed by atoms with van der Waals surface area (Å²) >= 11 is 5.38. The van der Waals surface area contributed by atoms with Gasteiger partial charge in [-0.05, 0) is 12.1 Å². The van der Waals surface area contributed by atoms with Crippen molar-refractivity contribution < 1.29 is 9.18 Å². The number of nitrogens with zero attached hydrogens (tertiary/aromatic N) is 1. The molecule has 0 aliphatic heterocycles. The number of rotatable bonds is 1. The van der Waals surface area contributed by atoms with Crippen LogP contribution in [0.4, 0.5) is 4.39 Å². The standard InChI is InChI=1S/C8H3ClFNO/c9-6-3-1-2-5(8(6)10)7(12)4-11/h1-3H. The largest absolute Gasteiger partial charge is 0.277 e. The van der Waals surface area contributed by atoms with Crippen LogP contribution in [0.1, 0.15) is 10.4 Å². The van der Waals surface area contributed by atoms with Crippen LogP contribution in [0, 0.1) is 17.1 Å². The van der Waals surface area contributed by atoms with Crippen molar-refractivity contribution in [3.8, 4) is 6.07 Å². The molecule has 0 bridgehead atoms. The second-order valence-electron chi connectivity index (χ2n) is 2.04. The van der Waals surface area contributed by atoms with Crippen LogP contribution in [0.2, 0.25) is 5.02 Å². The molecule has 0 amide bonds. The minimum absolute atomic E-state index is 0.156. The highest BCUT2D eigenvalue weighted by molar-refractivity contribution is 6.31. The topological polar surface area (TPSA) is 40.9 Å². The van der Waals surface area contributed by atoms with Crippen LogP contribution in [0.5, 0.6) is 0 Å².